The second kappa shape index (κ2) is 7.90. The monoisotopic (exact) mass is 332 g/mol. The molecule has 1 heterocycles. The van der Waals surface area contributed by atoms with Crippen LogP contribution < -0.4 is 10.6 Å². The number of nitrogens with one attached hydrogen (secondary N) is 2. The standard InChI is InChI=1S/C17H25FN6/c1-5-19-16(20-10-15-22-12-23-24(15)4)21-11-17(2,3)13-6-8-14(18)9-7-13/h6-9,12H,5,10-11H2,1-4H3,(H2,19,20,21). The predicted molar refractivity (Wildman–Crippen MR) is 93.2 cm³/mol. The zero-order chi connectivity index (χ0) is 17.6. The summed E-state index contributed by atoms with van der Waals surface area (Å²) in [5.74, 6) is 1.29. The molecule has 0 saturated heterocycles. The summed E-state index contributed by atoms with van der Waals surface area (Å²) in [5, 5.41) is 10.6. The van der Waals surface area contributed by atoms with Gasteiger partial charge in [0.2, 0.25) is 0 Å². The first-order valence-corrected chi connectivity index (χ1v) is 8.03. The number of aryl methyl sites for hydroxylation is 1. The summed E-state index contributed by atoms with van der Waals surface area (Å²) in [6.45, 7) is 8.12. The summed E-state index contributed by atoms with van der Waals surface area (Å²) in [5.41, 5.74) is 0.912. The Morgan fingerprint density at radius 3 is 2.54 bits per heavy atom. The predicted octanol–water partition coefficient (Wildman–Crippen LogP) is 1.99. The minimum Gasteiger partial charge on any atom is -0.357 e. The molecule has 1 aromatic heterocycles. The minimum absolute atomic E-state index is 0.158. The van der Waals surface area contributed by atoms with E-state index in [9.17, 15) is 4.39 Å². The highest BCUT2D eigenvalue weighted by molar-refractivity contribution is 5.79. The van der Waals surface area contributed by atoms with Crippen LogP contribution in [0.3, 0.4) is 0 Å². The molecule has 0 atom stereocenters. The third-order valence-corrected chi connectivity index (χ3v) is 3.85. The fourth-order valence-electron chi connectivity index (χ4n) is 2.26. The van der Waals surface area contributed by atoms with Crippen LogP contribution in [0.15, 0.2) is 35.6 Å². The highest BCUT2D eigenvalue weighted by Crippen LogP contribution is 2.22. The summed E-state index contributed by atoms with van der Waals surface area (Å²) in [7, 11) is 1.84. The van der Waals surface area contributed by atoms with Crippen molar-refractivity contribution >= 4 is 5.96 Å². The molecule has 0 fully saturated rings. The van der Waals surface area contributed by atoms with E-state index >= 15 is 0 Å². The Kier molecular flexibility index (Phi) is 5.89. The Morgan fingerprint density at radius 2 is 1.96 bits per heavy atom. The van der Waals surface area contributed by atoms with E-state index in [-0.39, 0.29) is 11.2 Å². The molecule has 0 radical (unpaired) electrons. The van der Waals surface area contributed by atoms with E-state index in [2.05, 4.69) is 39.6 Å². The van der Waals surface area contributed by atoms with Gasteiger partial charge in [-0.3, -0.25) is 4.68 Å². The largest absolute Gasteiger partial charge is 0.357 e. The van der Waals surface area contributed by atoms with Crippen molar-refractivity contribution < 1.29 is 4.39 Å². The fourth-order valence-corrected chi connectivity index (χ4v) is 2.26. The van der Waals surface area contributed by atoms with E-state index in [1.807, 2.05) is 26.1 Å². The second-order valence-corrected chi connectivity index (χ2v) is 6.24. The van der Waals surface area contributed by atoms with E-state index in [0.717, 1.165) is 23.9 Å². The van der Waals surface area contributed by atoms with Gasteiger partial charge in [-0.15, -0.1) is 0 Å². The number of rotatable bonds is 6. The van der Waals surface area contributed by atoms with Gasteiger partial charge in [0.25, 0.3) is 0 Å². The lowest BCUT2D eigenvalue weighted by Gasteiger charge is -2.26. The summed E-state index contributed by atoms with van der Waals surface area (Å²) in [6.07, 6.45) is 1.52. The van der Waals surface area contributed by atoms with Gasteiger partial charge in [0.15, 0.2) is 5.96 Å². The summed E-state index contributed by atoms with van der Waals surface area (Å²) in [6, 6.07) is 6.62. The zero-order valence-electron chi connectivity index (χ0n) is 14.7. The van der Waals surface area contributed by atoms with Crippen molar-refractivity contribution in [1.29, 1.82) is 0 Å². The molecule has 130 valence electrons. The Balaban J connectivity index is 2.02. The lowest BCUT2D eigenvalue weighted by Crippen LogP contribution is -2.43. The van der Waals surface area contributed by atoms with Crippen LogP contribution in [0.1, 0.15) is 32.2 Å². The number of aliphatic imine (C=N–C) groups is 1. The number of aromatic nitrogens is 3. The molecule has 0 amide bonds. The molecule has 0 bridgehead atoms. The molecule has 2 N–H and O–H groups in total. The van der Waals surface area contributed by atoms with E-state index in [1.54, 1.807) is 4.68 Å². The van der Waals surface area contributed by atoms with Crippen LogP contribution in [0, 0.1) is 5.82 Å². The lowest BCUT2D eigenvalue weighted by molar-refractivity contribution is 0.506. The Labute approximate surface area is 142 Å². The smallest absolute Gasteiger partial charge is 0.191 e. The van der Waals surface area contributed by atoms with Gasteiger partial charge in [-0.1, -0.05) is 26.0 Å². The van der Waals surface area contributed by atoms with Crippen molar-refractivity contribution in [3.05, 3.63) is 47.8 Å². The third-order valence-electron chi connectivity index (χ3n) is 3.85. The molecule has 0 aliphatic heterocycles. The van der Waals surface area contributed by atoms with E-state index in [4.69, 9.17) is 0 Å². The van der Waals surface area contributed by atoms with Crippen LogP contribution in [-0.2, 0) is 19.0 Å². The Morgan fingerprint density at radius 1 is 1.25 bits per heavy atom. The number of halogens is 1. The highest BCUT2D eigenvalue weighted by atomic mass is 19.1. The molecule has 1 aromatic carbocycles. The maximum Gasteiger partial charge on any atom is 0.191 e. The van der Waals surface area contributed by atoms with Gasteiger partial charge in [0.1, 0.15) is 24.5 Å². The number of guanidine groups is 1. The number of benzene rings is 1. The van der Waals surface area contributed by atoms with Crippen LogP contribution in [0.2, 0.25) is 0 Å². The quantitative estimate of drug-likeness (QED) is 0.627. The first-order valence-electron chi connectivity index (χ1n) is 8.03. The molecule has 24 heavy (non-hydrogen) atoms. The van der Waals surface area contributed by atoms with Gasteiger partial charge < -0.3 is 10.6 Å². The molecule has 6 nitrogen and oxygen atoms in total. The molecule has 0 aliphatic carbocycles. The molecule has 7 heteroatoms. The Hall–Kier alpha value is -2.44. The molecule has 0 unspecified atom stereocenters. The second-order valence-electron chi connectivity index (χ2n) is 6.24. The third kappa shape index (κ3) is 4.78. The molecule has 0 saturated carbocycles. The van der Waals surface area contributed by atoms with Crippen LogP contribution in [0.5, 0.6) is 0 Å². The maximum atomic E-state index is 13.1. The van der Waals surface area contributed by atoms with Crippen LogP contribution in [-0.4, -0.2) is 33.8 Å². The van der Waals surface area contributed by atoms with Crippen molar-refractivity contribution in [1.82, 2.24) is 25.4 Å². The molecular formula is C17H25FN6. The first kappa shape index (κ1) is 17.9. The average molecular weight is 332 g/mol. The van der Waals surface area contributed by atoms with Gasteiger partial charge in [0, 0.05) is 25.6 Å². The van der Waals surface area contributed by atoms with Crippen LogP contribution in [0.25, 0.3) is 0 Å². The Bertz CT molecular complexity index is 675. The summed E-state index contributed by atoms with van der Waals surface area (Å²) in [4.78, 5) is 8.70. The fraction of sp³-hybridized carbons (Fsp3) is 0.471. The van der Waals surface area contributed by atoms with E-state index < -0.39 is 0 Å². The first-order chi connectivity index (χ1) is 11.4. The van der Waals surface area contributed by atoms with Crippen LogP contribution in [0.4, 0.5) is 4.39 Å². The van der Waals surface area contributed by atoms with Gasteiger partial charge in [-0.25, -0.2) is 14.4 Å². The lowest BCUT2D eigenvalue weighted by atomic mass is 9.84. The van der Waals surface area contributed by atoms with Gasteiger partial charge in [-0.05, 0) is 24.6 Å². The summed E-state index contributed by atoms with van der Waals surface area (Å²) < 4.78 is 14.8. The average Bonchev–Trinajstić information content (AvgIpc) is 2.96. The number of hydrogen-bond acceptors (Lipinski definition) is 3. The molecular weight excluding hydrogens is 307 g/mol. The van der Waals surface area contributed by atoms with Gasteiger partial charge in [-0.2, -0.15) is 5.10 Å². The van der Waals surface area contributed by atoms with Crippen molar-refractivity contribution in [3.8, 4) is 0 Å². The van der Waals surface area contributed by atoms with Gasteiger partial charge >= 0.3 is 0 Å². The van der Waals surface area contributed by atoms with Crippen molar-refractivity contribution in [2.45, 2.75) is 32.7 Å². The molecule has 2 rings (SSSR count). The van der Waals surface area contributed by atoms with E-state index in [0.29, 0.717) is 13.1 Å². The van der Waals surface area contributed by atoms with Crippen molar-refractivity contribution in [2.24, 2.45) is 12.0 Å². The maximum absolute atomic E-state index is 13.1. The highest BCUT2D eigenvalue weighted by Gasteiger charge is 2.21. The van der Waals surface area contributed by atoms with Gasteiger partial charge in [0.05, 0.1) is 0 Å². The SMILES string of the molecule is CCNC(=NCc1ncnn1C)NCC(C)(C)c1ccc(F)cc1. The zero-order valence-corrected chi connectivity index (χ0v) is 14.7. The minimum atomic E-state index is -0.221. The van der Waals surface area contributed by atoms with Crippen LogP contribution >= 0.6 is 0 Å². The molecule has 0 aliphatic rings. The molecule has 2 aromatic rings. The number of nitrogens with zero attached hydrogens (tertiary/aromatic N) is 4. The number of hydrogen-bond donors (Lipinski definition) is 2. The van der Waals surface area contributed by atoms with E-state index in [1.165, 1.54) is 18.5 Å². The normalized spacial score (nSPS) is 12.3. The van der Waals surface area contributed by atoms with Crippen molar-refractivity contribution in [3.63, 3.8) is 0 Å². The van der Waals surface area contributed by atoms with Crippen molar-refractivity contribution in [2.75, 3.05) is 13.1 Å². The topological polar surface area (TPSA) is 67.1 Å². The summed E-state index contributed by atoms with van der Waals surface area (Å²) >= 11 is 0. The molecule has 0 spiro atoms.